The van der Waals surface area contributed by atoms with Crippen molar-refractivity contribution < 1.29 is 9.47 Å². The molecule has 0 spiro atoms. The van der Waals surface area contributed by atoms with Gasteiger partial charge in [-0.3, -0.25) is 0 Å². The summed E-state index contributed by atoms with van der Waals surface area (Å²) in [6.07, 6.45) is 0. The molecule has 0 radical (unpaired) electrons. The molecule has 1 aromatic rings. The molecule has 0 saturated carbocycles. The maximum Gasteiger partial charge on any atom is 0.145 e. The predicted octanol–water partition coefficient (Wildman–Crippen LogP) is 2.41. The van der Waals surface area contributed by atoms with Crippen LogP contribution >= 0.6 is 0 Å². The first kappa shape index (κ1) is 10.7. The van der Waals surface area contributed by atoms with E-state index in [4.69, 9.17) is 15.2 Å². The highest BCUT2D eigenvalue weighted by molar-refractivity contribution is 5.61. The summed E-state index contributed by atoms with van der Waals surface area (Å²) in [6.45, 7) is 4.19. The fourth-order valence-corrected chi connectivity index (χ4v) is 1.43. The Bertz CT molecular complexity index is 321. The van der Waals surface area contributed by atoms with Crippen molar-refractivity contribution in [1.82, 2.24) is 0 Å². The first-order chi connectivity index (χ1) is 6.60. The second kappa shape index (κ2) is 4.22. The molecule has 3 nitrogen and oxygen atoms in total. The van der Waals surface area contributed by atoms with Gasteiger partial charge in [0.15, 0.2) is 0 Å². The summed E-state index contributed by atoms with van der Waals surface area (Å²) in [5.41, 5.74) is 7.54. The standard InChI is InChI=1S/C11H17NO2/c1-7(2)9-5-8(13-3)6-10(12)11(9)14-4/h5-7H,12H2,1-4H3. The lowest BCUT2D eigenvalue weighted by Gasteiger charge is -2.15. The van der Waals surface area contributed by atoms with Gasteiger partial charge in [-0.05, 0) is 12.0 Å². The fraction of sp³-hybridized carbons (Fsp3) is 0.455. The molecule has 14 heavy (non-hydrogen) atoms. The summed E-state index contributed by atoms with van der Waals surface area (Å²) >= 11 is 0. The first-order valence-corrected chi connectivity index (χ1v) is 4.61. The molecule has 0 heterocycles. The van der Waals surface area contributed by atoms with Gasteiger partial charge < -0.3 is 15.2 Å². The second-order valence-electron chi connectivity index (χ2n) is 3.49. The molecule has 0 amide bonds. The van der Waals surface area contributed by atoms with Crippen LogP contribution in [0.2, 0.25) is 0 Å². The maximum absolute atomic E-state index is 5.84. The Labute approximate surface area is 84.8 Å². The van der Waals surface area contributed by atoms with Crippen LogP contribution in [0.4, 0.5) is 5.69 Å². The van der Waals surface area contributed by atoms with Gasteiger partial charge in [-0.1, -0.05) is 13.8 Å². The molecular weight excluding hydrogens is 178 g/mol. The highest BCUT2D eigenvalue weighted by Crippen LogP contribution is 2.35. The Hall–Kier alpha value is -1.38. The lowest BCUT2D eigenvalue weighted by atomic mass is 10.0. The third-order valence-corrected chi connectivity index (χ3v) is 2.18. The number of hydrogen-bond donors (Lipinski definition) is 1. The zero-order chi connectivity index (χ0) is 10.7. The summed E-state index contributed by atoms with van der Waals surface area (Å²) in [5, 5.41) is 0. The van der Waals surface area contributed by atoms with Gasteiger partial charge in [-0.25, -0.2) is 0 Å². The molecule has 0 aliphatic rings. The van der Waals surface area contributed by atoms with Gasteiger partial charge in [0.1, 0.15) is 11.5 Å². The summed E-state index contributed by atoms with van der Waals surface area (Å²) < 4.78 is 10.4. The van der Waals surface area contributed by atoms with Gasteiger partial charge >= 0.3 is 0 Å². The van der Waals surface area contributed by atoms with E-state index in [0.29, 0.717) is 11.6 Å². The summed E-state index contributed by atoms with van der Waals surface area (Å²) in [6, 6.07) is 3.73. The maximum atomic E-state index is 5.84. The number of rotatable bonds is 3. The third-order valence-electron chi connectivity index (χ3n) is 2.18. The summed E-state index contributed by atoms with van der Waals surface area (Å²) in [4.78, 5) is 0. The molecule has 78 valence electrons. The minimum Gasteiger partial charge on any atom is -0.497 e. The molecule has 0 aliphatic heterocycles. The number of anilines is 1. The van der Waals surface area contributed by atoms with Crippen molar-refractivity contribution in [3.63, 3.8) is 0 Å². The van der Waals surface area contributed by atoms with Crippen LogP contribution in [0.25, 0.3) is 0 Å². The average Bonchev–Trinajstić information content (AvgIpc) is 2.16. The number of methoxy groups -OCH3 is 2. The first-order valence-electron chi connectivity index (χ1n) is 4.61. The molecule has 0 bridgehead atoms. The average molecular weight is 195 g/mol. The molecule has 0 unspecified atom stereocenters. The van der Waals surface area contributed by atoms with E-state index in [0.717, 1.165) is 17.1 Å². The van der Waals surface area contributed by atoms with Gasteiger partial charge in [-0.2, -0.15) is 0 Å². The largest absolute Gasteiger partial charge is 0.497 e. The molecule has 0 saturated heterocycles. The van der Waals surface area contributed by atoms with E-state index in [9.17, 15) is 0 Å². The Kier molecular flexibility index (Phi) is 3.23. The van der Waals surface area contributed by atoms with E-state index >= 15 is 0 Å². The summed E-state index contributed by atoms with van der Waals surface area (Å²) in [7, 11) is 3.26. The van der Waals surface area contributed by atoms with Crippen molar-refractivity contribution in [3.05, 3.63) is 17.7 Å². The highest BCUT2D eigenvalue weighted by atomic mass is 16.5. The van der Waals surface area contributed by atoms with Crippen LogP contribution in [0.15, 0.2) is 12.1 Å². The van der Waals surface area contributed by atoms with Crippen LogP contribution in [0, 0.1) is 0 Å². The molecule has 1 rings (SSSR count). The minimum atomic E-state index is 0.363. The topological polar surface area (TPSA) is 44.5 Å². The van der Waals surface area contributed by atoms with Gasteiger partial charge in [0.25, 0.3) is 0 Å². The Morgan fingerprint density at radius 2 is 1.79 bits per heavy atom. The number of nitrogen functional groups attached to an aromatic ring is 1. The smallest absolute Gasteiger partial charge is 0.145 e. The van der Waals surface area contributed by atoms with E-state index < -0.39 is 0 Å². The van der Waals surface area contributed by atoms with E-state index in [1.165, 1.54) is 0 Å². The molecular formula is C11H17NO2. The number of ether oxygens (including phenoxy) is 2. The Balaban J connectivity index is 3.28. The quantitative estimate of drug-likeness (QED) is 0.753. The van der Waals surface area contributed by atoms with Gasteiger partial charge in [-0.15, -0.1) is 0 Å². The van der Waals surface area contributed by atoms with Crippen molar-refractivity contribution in [2.45, 2.75) is 19.8 Å². The van der Waals surface area contributed by atoms with E-state index in [1.807, 2.05) is 6.07 Å². The highest BCUT2D eigenvalue weighted by Gasteiger charge is 2.12. The molecule has 0 atom stereocenters. The van der Waals surface area contributed by atoms with E-state index in [-0.39, 0.29) is 0 Å². The molecule has 1 aromatic carbocycles. The Morgan fingerprint density at radius 3 is 2.21 bits per heavy atom. The van der Waals surface area contributed by atoms with Crippen LogP contribution in [-0.2, 0) is 0 Å². The second-order valence-corrected chi connectivity index (χ2v) is 3.49. The molecule has 0 aliphatic carbocycles. The van der Waals surface area contributed by atoms with Crippen LogP contribution < -0.4 is 15.2 Å². The molecule has 0 fully saturated rings. The SMILES string of the molecule is COc1cc(N)c(OC)c(C(C)C)c1. The van der Waals surface area contributed by atoms with E-state index in [1.54, 1.807) is 20.3 Å². The lowest BCUT2D eigenvalue weighted by molar-refractivity contribution is 0.399. The Morgan fingerprint density at radius 1 is 1.14 bits per heavy atom. The summed E-state index contributed by atoms with van der Waals surface area (Å²) in [5.74, 6) is 1.88. The molecule has 0 aromatic heterocycles. The van der Waals surface area contributed by atoms with Crippen molar-refractivity contribution in [2.75, 3.05) is 20.0 Å². The van der Waals surface area contributed by atoms with Crippen molar-refractivity contribution in [2.24, 2.45) is 0 Å². The number of nitrogens with two attached hydrogens (primary N) is 1. The van der Waals surface area contributed by atoms with Crippen molar-refractivity contribution >= 4 is 5.69 Å². The van der Waals surface area contributed by atoms with Crippen LogP contribution in [0.1, 0.15) is 25.3 Å². The van der Waals surface area contributed by atoms with Crippen LogP contribution in [0.5, 0.6) is 11.5 Å². The zero-order valence-corrected chi connectivity index (χ0v) is 9.13. The monoisotopic (exact) mass is 195 g/mol. The van der Waals surface area contributed by atoms with E-state index in [2.05, 4.69) is 13.8 Å². The van der Waals surface area contributed by atoms with Gasteiger partial charge in [0.05, 0.1) is 19.9 Å². The number of hydrogen-bond acceptors (Lipinski definition) is 3. The number of benzene rings is 1. The third kappa shape index (κ3) is 1.92. The van der Waals surface area contributed by atoms with Crippen molar-refractivity contribution in [1.29, 1.82) is 0 Å². The van der Waals surface area contributed by atoms with Crippen LogP contribution in [-0.4, -0.2) is 14.2 Å². The zero-order valence-electron chi connectivity index (χ0n) is 9.13. The van der Waals surface area contributed by atoms with Crippen LogP contribution in [0.3, 0.4) is 0 Å². The molecule has 3 heteroatoms. The van der Waals surface area contributed by atoms with Crippen molar-refractivity contribution in [3.8, 4) is 11.5 Å². The minimum absolute atomic E-state index is 0.363. The normalized spacial score (nSPS) is 10.4. The van der Waals surface area contributed by atoms with Gasteiger partial charge in [0.2, 0.25) is 0 Å². The lowest BCUT2D eigenvalue weighted by Crippen LogP contribution is -2.00. The fourth-order valence-electron chi connectivity index (χ4n) is 1.43. The molecule has 2 N–H and O–H groups in total. The van der Waals surface area contributed by atoms with Gasteiger partial charge in [0, 0.05) is 11.6 Å². The predicted molar refractivity (Wildman–Crippen MR) is 58.0 cm³/mol.